The minimum absolute atomic E-state index is 0.112. The summed E-state index contributed by atoms with van der Waals surface area (Å²) in [7, 11) is 0. The molecule has 0 atom stereocenters. The second-order valence-corrected chi connectivity index (χ2v) is 7.15. The number of anilines is 2. The molecule has 2 amide bonds. The van der Waals surface area contributed by atoms with Crippen LogP contribution in [-0.4, -0.2) is 41.9 Å². The van der Waals surface area contributed by atoms with Crippen molar-refractivity contribution < 1.29 is 29.0 Å². The third kappa shape index (κ3) is 6.15. The zero-order chi connectivity index (χ0) is 20.6. The molecule has 0 aliphatic carbocycles. The van der Waals surface area contributed by atoms with Crippen molar-refractivity contribution in [2.45, 2.75) is 17.7 Å². The molecular weight excluding hydrogens is 396 g/mol. The Morgan fingerprint density at radius 3 is 2.48 bits per heavy atom. The lowest BCUT2D eigenvalue weighted by Crippen LogP contribution is -2.17. The van der Waals surface area contributed by atoms with E-state index in [4.69, 9.17) is 14.6 Å². The van der Waals surface area contributed by atoms with E-state index in [1.54, 1.807) is 42.5 Å². The minimum atomic E-state index is -1.03. The van der Waals surface area contributed by atoms with E-state index < -0.39 is 5.97 Å². The number of carbonyl (C=O) groups excluding carboxylic acids is 2. The van der Waals surface area contributed by atoms with Gasteiger partial charge in [-0.3, -0.25) is 14.4 Å². The van der Waals surface area contributed by atoms with Crippen LogP contribution in [0.3, 0.4) is 0 Å². The van der Waals surface area contributed by atoms with Crippen LogP contribution in [0.5, 0.6) is 11.5 Å². The summed E-state index contributed by atoms with van der Waals surface area (Å²) in [5.74, 6) is -0.248. The number of carbonyl (C=O) groups is 3. The first kappa shape index (κ1) is 20.5. The van der Waals surface area contributed by atoms with E-state index in [-0.39, 0.29) is 30.4 Å². The number of para-hydroxylation sites is 1. The van der Waals surface area contributed by atoms with E-state index in [1.165, 1.54) is 11.8 Å². The van der Waals surface area contributed by atoms with Crippen molar-refractivity contribution in [1.29, 1.82) is 0 Å². The van der Waals surface area contributed by atoms with E-state index in [1.807, 2.05) is 0 Å². The summed E-state index contributed by atoms with van der Waals surface area (Å²) in [5.41, 5.74) is 1.15. The molecule has 2 aromatic carbocycles. The van der Waals surface area contributed by atoms with E-state index in [0.717, 1.165) is 0 Å². The maximum absolute atomic E-state index is 12.3. The van der Waals surface area contributed by atoms with E-state index in [2.05, 4.69) is 10.6 Å². The van der Waals surface area contributed by atoms with Gasteiger partial charge in [-0.05, 0) is 24.3 Å². The van der Waals surface area contributed by atoms with E-state index in [9.17, 15) is 14.4 Å². The van der Waals surface area contributed by atoms with Crippen LogP contribution in [0.15, 0.2) is 47.4 Å². The van der Waals surface area contributed by atoms with Crippen LogP contribution in [0.1, 0.15) is 12.8 Å². The highest BCUT2D eigenvalue weighted by Crippen LogP contribution is 2.33. The number of hydrogen-bond donors (Lipinski definition) is 3. The van der Waals surface area contributed by atoms with Crippen LogP contribution >= 0.6 is 11.8 Å². The molecule has 152 valence electrons. The summed E-state index contributed by atoms with van der Waals surface area (Å²) in [6.45, 7) is 0.969. The number of nitrogens with one attached hydrogen (secondary N) is 2. The van der Waals surface area contributed by atoms with Gasteiger partial charge >= 0.3 is 5.97 Å². The second kappa shape index (κ2) is 9.83. The summed E-state index contributed by atoms with van der Waals surface area (Å²) < 4.78 is 11.0. The Kier molecular flexibility index (Phi) is 6.96. The number of aliphatic carboxylic acids is 1. The van der Waals surface area contributed by atoms with Crippen molar-refractivity contribution in [2.75, 3.05) is 29.6 Å². The van der Waals surface area contributed by atoms with Crippen molar-refractivity contribution >= 4 is 40.9 Å². The summed E-state index contributed by atoms with van der Waals surface area (Å²) in [4.78, 5) is 35.5. The number of carboxylic acid groups (broad SMARTS) is 1. The quantitative estimate of drug-likeness (QED) is 0.567. The molecule has 1 aliphatic rings. The molecule has 1 heterocycles. The van der Waals surface area contributed by atoms with E-state index >= 15 is 0 Å². The predicted molar refractivity (Wildman–Crippen MR) is 109 cm³/mol. The summed E-state index contributed by atoms with van der Waals surface area (Å²) >= 11 is 1.27. The number of rotatable bonds is 8. The van der Waals surface area contributed by atoms with Gasteiger partial charge in [0.25, 0.3) is 0 Å². The Labute approximate surface area is 171 Å². The van der Waals surface area contributed by atoms with Crippen molar-refractivity contribution in [1.82, 2.24) is 0 Å². The smallest absolute Gasteiger partial charge is 0.303 e. The fraction of sp³-hybridized carbons (Fsp3) is 0.250. The molecule has 0 fully saturated rings. The molecule has 3 rings (SSSR count). The van der Waals surface area contributed by atoms with Gasteiger partial charge in [0.2, 0.25) is 11.8 Å². The highest BCUT2D eigenvalue weighted by Gasteiger charge is 2.14. The fourth-order valence-electron chi connectivity index (χ4n) is 2.59. The van der Waals surface area contributed by atoms with Crippen LogP contribution in [0, 0.1) is 0 Å². The highest BCUT2D eigenvalue weighted by atomic mass is 32.2. The molecule has 0 radical (unpaired) electrons. The Bertz CT molecular complexity index is 918. The van der Waals surface area contributed by atoms with Gasteiger partial charge in [0.05, 0.1) is 17.9 Å². The first-order chi connectivity index (χ1) is 14.0. The Balaban J connectivity index is 1.55. The van der Waals surface area contributed by atoms with Crippen LogP contribution in [0.25, 0.3) is 0 Å². The lowest BCUT2D eigenvalue weighted by Gasteiger charge is -2.19. The fourth-order valence-corrected chi connectivity index (χ4v) is 3.40. The van der Waals surface area contributed by atoms with E-state index in [0.29, 0.717) is 41.0 Å². The maximum Gasteiger partial charge on any atom is 0.303 e. The first-order valence-electron chi connectivity index (χ1n) is 8.94. The Morgan fingerprint density at radius 2 is 1.69 bits per heavy atom. The van der Waals surface area contributed by atoms with Gasteiger partial charge in [0.1, 0.15) is 13.2 Å². The van der Waals surface area contributed by atoms with Gasteiger partial charge in [-0.15, -0.1) is 11.8 Å². The molecule has 9 heteroatoms. The molecule has 0 bridgehead atoms. The van der Waals surface area contributed by atoms with Crippen molar-refractivity contribution in [3.05, 3.63) is 42.5 Å². The molecule has 2 aromatic rings. The third-order valence-electron chi connectivity index (χ3n) is 3.91. The van der Waals surface area contributed by atoms with Gasteiger partial charge in [0, 0.05) is 23.1 Å². The molecule has 8 nitrogen and oxygen atoms in total. The monoisotopic (exact) mass is 416 g/mol. The standard InChI is InChI=1S/C20H20N2O6S/c23-18(7-8-20(25)26)22-14-3-1-2-4-17(14)29-12-19(24)21-13-5-6-15-16(11-13)28-10-9-27-15/h1-6,11H,7-10,12H2,(H,21,24)(H,22,23)(H,25,26). The number of ether oxygens (including phenoxy) is 2. The number of fused-ring (bicyclic) bond motifs is 1. The lowest BCUT2D eigenvalue weighted by atomic mass is 10.2. The molecule has 0 unspecified atom stereocenters. The summed E-state index contributed by atoms with van der Waals surface area (Å²) in [5, 5.41) is 14.2. The van der Waals surface area contributed by atoms with Crippen LogP contribution in [0.4, 0.5) is 11.4 Å². The van der Waals surface area contributed by atoms with Gasteiger partial charge in [-0.2, -0.15) is 0 Å². The minimum Gasteiger partial charge on any atom is -0.486 e. The molecule has 29 heavy (non-hydrogen) atoms. The number of hydrogen-bond acceptors (Lipinski definition) is 6. The molecule has 0 saturated heterocycles. The molecular formula is C20H20N2O6S. The van der Waals surface area contributed by atoms with Crippen molar-refractivity contribution in [3.8, 4) is 11.5 Å². The number of carboxylic acids is 1. The molecule has 3 N–H and O–H groups in total. The average molecular weight is 416 g/mol. The average Bonchev–Trinajstić information content (AvgIpc) is 2.71. The normalized spacial score (nSPS) is 12.1. The van der Waals surface area contributed by atoms with Gasteiger partial charge in [0.15, 0.2) is 11.5 Å². The largest absolute Gasteiger partial charge is 0.486 e. The molecule has 0 spiro atoms. The van der Waals surface area contributed by atoms with Crippen LogP contribution < -0.4 is 20.1 Å². The van der Waals surface area contributed by atoms with Gasteiger partial charge in [-0.1, -0.05) is 12.1 Å². The number of thioether (sulfide) groups is 1. The summed E-state index contributed by atoms with van der Waals surface area (Å²) in [6, 6.07) is 12.3. The van der Waals surface area contributed by atoms with Gasteiger partial charge < -0.3 is 25.2 Å². The van der Waals surface area contributed by atoms with Crippen LogP contribution in [0.2, 0.25) is 0 Å². The number of amides is 2. The van der Waals surface area contributed by atoms with Gasteiger partial charge in [-0.25, -0.2) is 0 Å². The molecule has 0 saturated carbocycles. The Morgan fingerprint density at radius 1 is 0.931 bits per heavy atom. The van der Waals surface area contributed by atoms with Crippen LogP contribution in [-0.2, 0) is 14.4 Å². The number of benzene rings is 2. The highest BCUT2D eigenvalue weighted by molar-refractivity contribution is 8.00. The lowest BCUT2D eigenvalue weighted by molar-refractivity contribution is -0.138. The summed E-state index contributed by atoms with van der Waals surface area (Å²) in [6.07, 6.45) is -0.349. The Hall–Kier alpha value is -3.20. The van der Waals surface area contributed by atoms with Crippen molar-refractivity contribution in [3.63, 3.8) is 0 Å². The zero-order valence-corrected chi connectivity index (χ0v) is 16.3. The SMILES string of the molecule is O=C(O)CCC(=O)Nc1ccccc1SCC(=O)Nc1ccc2c(c1)OCCO2. The van der Waals surface area contributed by atoms with Crippen molar-refractivity contribution in [2.24, 2.45) is 0 Å². The third-order valence-corrected chi connectivity index (χ3v) is 4.99. The first-order valence-corrected chi connectivity index (χ1v) is 9.93. The molecule has 1 aliphatic heterocycles. The second-order valence-electron chi connectivity index (χ2n) is 6.13. The maximum atomic E-state index is 12.3. The molecule has 0 aromatic heterocycles. The topological polar surface area (TPSA) is 114 Å². The zero-order valence-electron chi connectivity index (χ0n) is 15.5. The predicted octanol–water partition coefficient (Wildman–Crippen LogP) is 2.99.